The number of fused-ring (bicyclic) bond motifs is 1. The van der Waals surface area contributed by atoms with Crippen LogP contribution in [0.5, 0.6) is 5.75 Å². The van der Waals surface area contributed by atoms with Gasteiger partial charge < -0.3 is 4.65 Å². The van der Waals surface area contributed by atoms with Crippen molar-refractivity contribution in [3.05, 3.63) is 79.5 Å². The molecule has 0 bridgehead atoms. The molecule has 0 fully saturated rings. The Bertz CT molecular complexity index is 722. The molecule has 0 aliphatic rings. The number of aromatic nitrogens is 1. The van der Waals surface area contributed by atoms with Crippen molar-refractivity contribution >= 4 is 23.2 Å². The zero-order valence-electron chi connectivity index (χ0n) is 11.1. The Morgan fingerprint density at radius 2 is 1.85 bits per heavy atom. The molecule has 2 nitrogen and oxygen atoms in total. The van der Waals surface area contributed by atoms with Crippen LogP contribution in [0.15, 0.2) is 79.5 Å². The molecule has 0 saturated carbocycles. The summed E-state index contributed by atoms with van der Waals surface area (Å²) >= 11 is 0. The zero-order chi connectivity index (χ0) is 13.8. The summed E-state index contributed by atoms with van der Waals surface area (Å²) in [5.74, 6) is 2.65. The van der Waals surface area contributed by atoms with Crippen molar-refractivity contribution in [2.45, 2.75) is 0 Å². The first-order chi connectivity index (χ1) is 9.88. The van der Waals surface area contributed by atoms with Gasteiger partial charge in [-0.3, -0.25) is 4.98 Å². The van der Waals surface area contributed by atoms with Crippen LogP contribution in [-0.2, 0) is 0 Å². The molecule has 1 aromatic heterocycles. The summed E-state index contributed by atoms with van der Waals surface area (Å²) < 4.78 is 6.10. The lowest BCUT2D eigenvalue weighted by Crippen LogP contribution is -2.34. The third-order valence-corrected chi connectivity index (χ3v) is 3.23. The Kier molecular flexibility index (Phi) is 3.51. The highest BCUT2D eigenvalue weighted by Gasteiger charge is 2.17. The Balaban J connectivity index is 1.98. The second-order valence-electron chi connectivity index (χ2n) is 4.54. The van der Waals surface area contributed by atoms with E-state index in [2.05, 4.69) is 29.8 Å². The van der Waals surface area contributed by atoms with Crippen molar-refractivity contribution in [1.82, 2.24) is 4.98 Å². The molecule has 0 radical (unpaired) electrons. The number of pyridine rings is 1. The minimum Gasteiger partial charge on any atom is -0.551 e. The number of hydrogen-bond donors (Lipinski definition) is 0. The molecular formula is C17H14BNO. The normalized spacial score (nSPS) is 10.2. The quantitative estimate of drug-likeness (QED) is 0.671. The van der Waals surface area contributed by atoms with Crippen molar-refractivity contribution in [1.29, 1.82) is 0 Å². The van der Waals surface area contributed by atoms with Gasteiger partial charge in [-0.1, -0.05) is 48.4 Å². The predicted octanol–water partition coefficient (Wildman–Crippen LogP) is 3.24. The molecule has 0 spiro atoms. The second-order valence-corrected chi connectivity index (χ2v) is 4.54. The van der Waals surface area contributed by atoms with Gasteiger partial charge in [0.25, 0.3) is 0 Å². The van der Waals surface area contributed by atoms with E-state index in [0.29, 0.717) is 0 Å². The molecule has 0 unspecified atom stereocenters. The minimum atomic E-state index is -0.200. The van der Waals surface area contributed by atoms with E-state index < -0.39 is 0 Å². The van der Waals surface area contributed by atoms with Gasteiger partial charge in [0.05, 0.1) is 0 Å². The van der Waals surface area contributed by atoms with E-state index >= 15 is 0 Å². The highest BCUT2D eigenvalue weighted by molar-refractivity contribution is 6.72. The maximum atomic E-state index is 6.10. The number of nitrogens with zero attached hydrogens (tertiary/aromatic N) is 1. The summed E-state index contributed by atoms with van der Waals surface area (Å²) in [7, 11) is 0. The fraction of sp³-hybridized carbons (Fsp3) is 0. The van der Waals surface area contributed by atoms with Crippen LogP contribution in [-0.4, -0.2) is 11.9 Å². The SMILES string of the molecule is C=CB(Oc1cccc2ccccc12)c1cccnc1. The van der Waals surface area contributed by atoms with Gasteiger partial charge in [-0.2, -0.15) is 0 Å². The van der Waals surface area contributed by atoms with Crippen molar-refractivity contribution < 1.29 is 4.65 Å². The first-order valence-corrected chi connectivity index (χ1v) is 6.55. The monoisotopic (exact) mass is 259 g/mol. The maximum Gasteiger partial charge on any atom is 0.419 e. The van der Waals surface area contributed by atoms with Gasteiger partial charge in [-0.05, 0) is 23.0 Å². The molecule has 96 valence electrons. The minimum absolute atomic E-state index is 0.200. The highest BCUT2D eigenvalue weighted by atomic mass is 16.4. The Morgan fingerprint density at radius 1 is 1.00 bits per heavy atom. The Labute approximate surface area is 118 Å². The van der Waals surface area contributed by atoms with Crippen LogP contribution in [0.1, 0.15) is 0 Å². The fourth-order valence-electron chi connectivity index (χ4n) is 2.23. The zero-order valence-corrected chi connectivity index (χ0v) is 11.1. The molecule has 0 aliphatic heterocycles. The van der Waals surface area contributed by atoms with E-state index in [0.717, 1.165) is 16.6 Å². The molecule has 0 aliphatic carbocycles. The molecule has 3 heteroatoms. The summed E-state index contributed by atoms with van der Waals surface area (Å²) in [6.45, 7) is 3.66. The van der Waals surface area contributed by atoms with Gasteiger partial charge >= 0.3 is 6.92 Å². The summed E-state index contributed by atoms with van der Waals surface area (Å²) in [5, 5.41) is 2.27. The van der Waals surface area contributed by atoms with Gasteiger partial charge in [0, 0.05) is 17.8 Å². The first-order valence-electron chi connectivity index (χ1n) is 6.55. The number of hydrogen-bond acceptors (Lipinski definition) is 2. The average molecular weight is 259 g/mol. The molecule has 20 heavy (non-hydrogen) atoms. The van der Waals surface area contributed by atoms with E-state index in [4.69, 9.17) is 4.65 Å². The lowest BCUT2D eigenvalue weighted by Gasteiger charge is -2.14. The highest BCUT2D eigenvalue weighted by Crippen LogP contribution is 2.25. The topological polar surface area (TPSA) is 22.1 Å². The van der Waals surface area contributed by atoms with Gasteiger partial charge in [-0.15, -0.1) is 6.58 Å². The smallest absolute Gasteiger partial charge is 0.419 e. The van der Waals surface area contributed by atoms with Crippen LogP contribution < -0.4 is 10.1 Å². The average Bonchev–Trinajstić information content (AvgIpc) is 2.53. The molecule has 3 rings (SSSR count). The van der Waals surface area contributed by atoms with Crippen LogP contribution in [0.25, 0.3) is 10.8 Å². The maximum absolute atomic E-state index is 6.10. The summed E-state index contributed by atoms with van der Waals surface area (Å²) in [6.07, 6.45) is 3.55. The second kappa shape index (κ2) is 5.62. The standard InChI is InChI=1S/C17H14BNO/c1-2-18(15-9-6-12-19-13-15)20-17-11-5-8-14-7-3-4-10-16(14)17/h2-13H,1H2. The lowest BCUT2D eigenvalue weighted by atomic mass is 9.62. The van der Waals surface area contributed by atoms with E-state index in [1.807, 2.05) is 36.4 Å². The Hall–Kier alpha value is -2.55. The van der Waals surface area contributed by atoms with Crippen LogP contribution in [0.3, 0.4) is 0 Å². The van der Waals surface area contributed by atoms with Crippen molar-refractivity contribution in [2.24, 2.45) is 0 Å². The molecule has 0 atom stereocenters. The summed E-state index contributed by atoms with van der Waals surface area (Å²) in [5.41, 5.74) is 0.996. The van der Waals surface area contributed by atoms with Crippen LogP contribution in [0.4, 0.5) is 0 Å². The van der Waals surface area contributed by atoms with Gasteiger partial charge in [0.1, 0.15) is 5.75 Å². The molecule has 3 aromatic rings. The van der Waals surface area contributed by atoms with Crippen LogP contribution >= 0.6 is 0 Å². The molecule has 0 N–H and O–H groups in total. The number of benzene rings is 2. The first kappa shape index (κ1) is 12.5. The predicted molar refractivity (Wildman–Crippen MR) is 84.4 cm³/mol. The fourth-order valence-corrected chi connectivity index (χ4v) is 2.23. The van der Waals surface area contributed by atoms with Crippen molar-refractivity contribution in [2.75, 3.05) is 0 Å². The molecule has 2 aromatic carbocycles. The molecule has 0 amide bonds. The molecule has 0 saturated heterocycles. The van der Waals surface area contributed by atoms with E-state index in [1.165, 1.54) is 5.39 Å². The van der Waals surface area contributed by atoms with E-state index in [-0.39, 0.29) is 6.92 Å². The van der Waals surface area contributed by atoms with Crippen molar-refractivity contribution in [3.8, 4) is 5.75 Å². The van der Waals surface area contributed by atoms with Gasteiger partial charge in [0.15, 0.2) is 0 Å². The van der Waals surface area contributed by atoms with Crippen LogP contribution in [0.2, 0.25) is 0 Å². The van der Waals surface area contributed by atoms with Gasteiger partial charge in [-0.25, -0.2) is 0 Å². The van der Waals surface area contributed by atoms with E-state index in [1.54, 1.807) is 18.4 Å². The van der Waals surface area contributed by atoms with E-state index in [9.17, 15) is 0 Å². The lowest BCUT2D eigenvalue weighted by molar-refractivity contribution is 0.598. The Morgan fingerprint density at radius 3 is 2.65 bits per heavy atom. The summed E-state index contributed by atoms with van der Waals surface area (Å²) in [4.78, 5) is 4.13. The van der Waals surface area contributed by atoms with Gasteiger partial charge in [0.2, 0.25) is 0 Å². The van der Waals surface area contributed by atoms with Crippen LogP contribution in [0, 0.1) is 0 Å². The third-order valence-electron chi connectivity index (χ3n) is 3.23. The summed E-state index contributed by atoms with van der Waals surface area (Å²) in [6, 6.07) is 18.1. The third kappa shape index (κ3) is 2.43. The largest absolute Gasteiger partial charge is 0.551 e. The van der Waals surface area contributed by atoms with Crippen molar-refractivity contribution in [3.63, 3.8) is 0 Å². The molecular weight excluding hydrogens is 245 g/mol. The number of rotatable bonds is 4. The molecule has 1 heterocycles.